The summed E-state index contributed by atoms with van der Waals surface area (Å²) in [5.41, 5.74) is 0. The van der Waals surface area contributed by atoms with E-state index < -0.39 is 0 Å². The molecule has 2 rings (SSSR count). The molecule has 0 amide bonds. The number of rotatable bonds is 5. The maximum atomic E-state index is 3.62. The molecule has 1 aromatic heterocycles. The van der Waals surface area contributed by atoms with Crippen LogP contribution in [0.1, 0.15) is 30.7 Å². The van der Waals surface area contributed by atoms with Crippen LogP contribution in [0, 0.1) is 5.92 Å². The van der Waals surface area contributed by atoms with Gasteiger partial charge in [0.25, 0.3) is 0 Å². The molecular formula is C13H20Br2N2S. The Balaban J connectivity index is 2.22. The van der Waals surface area contributed by atoms with Crippen LogP contribution in [0.3, 0.4) is 0 Å². The molecule has 1 aromatic rings. The van der Waals surface area contributed by atoms with E-state index in [1.807, 2.05) is 11.3 Å². The van der Waals surface area contributed by atoms with Crippen molar-refractivity contribution < 1.29 is 0 Å². The first-order valence-electron chi connectivity index (χ1n) is 6.50. The summed E-state index contributed by atoms with van der Waals surface area (Å²) in [5.74, 6) is 0.735. The molecule has 5 heteroatoms. The van der Waals surface area contributed by atoms with Crippen molar-refractivity contribution in [2.45, 2.75) is 25.8 Å². The first kappa shape index (κ1) is 15.0. The number of hydrogen-bond acceptors (Lipinski definition) is 3. The molecule has 2 nitrogen and oxygen atoms in total. The van der Waals surface area contributed by atoms with Crippen molar-refractivity contribution in [2.75, 3.05) is 26.7 Å². The molecule has 0 spiro atoms. The molecule has 2 heterocycles. The van der Waals surface area contributed by atoms with Crippen LogP contribution in [-0.2, 0) is 0 Å². The van der Waals surface area contributed by atoms with E-state index in [-0.39, 0.29) is 0 Å². The van der Waals surface area contributed by atoms with E-state index in [9.17, 15) is 0 Å². The van der Waals surface area contributed by atoms with Crippen LogP contribution in [-0.4, -0.2) is 31.6 Å². The van der Waals surface area contributed by atoms with Crippen LogP contribution in [0.4, 0.5) is 0 Å². The van der Waals surface area contributed by atoms with E-state index in [1.165, 1.54) is 39.1 Å². The topological polar surface area (TPSA) is 15.3 Å². The predicted molar refractivity (Wildman–Crippen MR) is 86.4 cm³/mol. The normalized spacial score (nSPS) is 24.9. The standard InChI is InChI=1S/C13H20Br2N2S/c1-3-5-17-6-4-9(8-16-2)12(17)11-7-10(14)13(15)18-11/h7,9,12,16H,3-6,8H2,1-2H3. The lowest BCUT2D eigenvalue weighted by atomic mass is 9.99. The minimum Gasteiger partial charge on any atom is -0.319 e. The lowest BCUT2D eigenvalue weighted by Gasteiger charge is -2.27. The third-order valence-electron chi connectivity index (χ3n) is 3.56. The van der Waals surface area contributed by atoms with Gasteiger partial charge in [0, 0.05) is 15.4 Å². The summed E-state index contributed by atoms with van der Waals surface area (Å²) in [5, 5.41) is 3.35. The van der Waals surface area contributed by atoms with E-state index >= 15 is 0 Å². The van der Waals surface area contributed by atoms with Crippen LogP contribution >= 0.6 is 43.2 Å². The molecule has 0 bridgehead atoms. The van der Waals surface area contributed by atoms with E-state index in [0.717, 1.165) is 12.5 Å². The van der Waals surface area contributed by atoms with Crippen molar-refractivity contribution in [3.63, 3.8) is 0 Å². The maximum absolute atomic E-state index is 3.62. The zero-order valence-corrected chi connectivity index (χ0v) is 14.9. The van der Waals surface area contributed by atoms with Crippen molar-refractivity contribution in [1.82, 2.24) is 10.2 Å². The van der Waals surface area contributed by atoms with Crippen LogP contribution < -0.4 is 5.32 Å². The van der Waals surface area contributed by atoms with Crippen LogP contribution in [0.25, 0.3) is 0 Å². The Bertz CT molecular complexity index is 361. The van der Waals surface area contributed by atoms with Crippen molar-refractivity contribution in [2.24, 2.45) is 5.92 Å². The van der Waals surface area contributed by atoms with Gasteiger partial charge in [-0.3, -0.25) is 4.90 Å². The van der Waals surface area contributed by atoms with Gasteiger partial charge in [-0.25, -0.2) is 0 Å². The summed E-state index contributed by atoms with van der Waals surface area (Å²) in [4.78, 5) is 4.13. The lowest BCUT2D eigenvalue weighted by Crippen LogP contribution is -2.29. The Hall–Kier alpha value is 0.580. The molecule has 2 unspecified atom stereocenters. The van der Waals surface area contributed by atoms with E-state index in [1.54, 1.807) is 0 Å². The Labute approximate surface area is 130 Å². The van der Waals surface area contributed by atoms with Crippen molar-refractivity contribution >= 4 is 43.2 Å². The molecule has 0 aromatic carbocycles. The van der Waals surface area contributed by atoms with Gasteiger partial charge in [-0.05, 0) is 83.4 Å². The van der Waals surface area contributed by atoms with Crippen LogP contribution in [0.15, 0.2) is 14.3 Å². The number of nitrogens with one attached hydrogen (secondary N) is 1. The van der Waals surface area contributed by atoms with Gasteiger partial charge in [-0.15, -0.1) is 11.3 Å². The Morgan fingerprint density at radius 2 is 2.28 bits per heavy atom. The summed E-state index contributed by atoms with van der Waals surface area (Å²) in [7, 11) is 2.06. The first-order chi connectivity index (χ1) is 8.67. The molecule has 2 atom stereocenters. The summed E-state index contributed by atoms with van der Waals surface area (Å²) in [6.45, 7) is 5.82. The molecule has 0 radical (unpaired) electrons. The molecule has 102 valence electrons. The molecule has 1 N–H and O–H groups in total. The third kappa shape index (κ3) is 3.18. The van der Waals surface area contributed by atoms with Gasteiger partial charge in [0.1, 0.15) is 0 Å². The summed E-state index contributed by atoms with van der Waals surface area (Å²) in [6.07, 6.45) is 2.54. The quantitative estimate of drug-likeness (QED) is 0.800. The fourth-order valence-electron chi connectivity index (χ4n) is 2.86. The minimum atomic E-state index is 0.588. The molecule has 1 aliphatic heterocycles. The summed E-state index contributed by atoms with van der Waals surface area (Å²) in [6, 6.07) is 2.88. The molecule has 1 fully saturated rings. The first-order valence-corrected chi connectivity index (χ1v) is 8.91. The van der Waals surface area contributed by atoms with Crippen LogP contribution in [0.5, 0.6) is 0 Å². The number of hydrogen-bond donors (Lipinski definition) is 1. The number of halogens is 2. The summed E-state index contributed by atoms with van der Waals surface area (Å²) < 4.78 is 2.40. The second-order valence-corrected chi connectivity index (χ2v) is 8.11. The molecule has 0 aliphatic carbocycles. The monoisotopic (exact) mass is 394 g/mol. The number of thiophene rings is 1. The van der Waals surface area contributed by atoms with Gasteiger partial charge in [0.2, 0.25) is 0 Å². The van der Waals surface area contributed by atoms with Crippen molar-refractivity contribution in [1.29, 1.82) is 0 Å². The second kappa shape index (κ2) is 6.84. The van der Waals surface area contributed by atoms with Crippen molar-refractivity contribution in [3.8, 4) is 0 Å². The van der Waals surface area contributed by atoms with E-state index in [4.69, 9.17) is 0 Å². The molecule has 1 aliphatic rings. The Kier molecular flexibility index (Phi) is 5.69. The van der Waals surface area contributed by atoms with Gasteiger partial charge in [0.05, 0.1) is 3.79 Å². The smallest absolute Gasteiger partial charge is 0.0843 e. The highest BCUT2D eigenvalue weighted by molar-refractivity contribution is 9.13. The maximum Gasteiger partial charge on any atom is 0.0843 e. The highest BCUT2D eigenvalue weighted by Gasteiger charge is 2.35. The van der Waals surface area contributed by atoms with E-state index in [0.29, 0.717) is 6.04 Å². The molecule has 0 saturated carbocycles. The number of nitrogens with zero attached hydrogens (tertiary/aromatic N) is 1. The highest BCUT2D eigenvalue weighted by Crippen LogP contribution is 2.43. The average molecular weight is 396 g/mol. The van der Waals surface area contributed by atoms with Gasteiger partial charge < -0.3 is 5.32 Å². The Morgan fingerprint density at radius 3 is 2.83 bits per heavy atom. The second-order valence-electron chi connectivity index (χ2n) is 4.86. The average Bonchev–Trinajstić information content (AvgIpc) is 2.86. The zero-order valence-electron chi connectivity index (χ0n) is 10.9. The van der Waals surface area contributed by atoms with Gasteiger partial charge in [0.15, 0.2) is 0 Å². The fraction of sp³-hybridized carbons (Fsp3) is 0.692. The third-order valence-corrected chi connectivity index (χ3v) is 6.89. The lowest BCUT2D eigenvalue weighted by molar-refractivity contribution is 0.231. The number of likely N-dealkylation sites (tertiary alicyclic amines) is 1. The molecular weight excluding hydrogens is 376 g/mol. The minimum absolute atomic E-state index is 0.588. The highest BCUT2D eigenvalue weighted by atomic mass is 79.9. The Morgan fingerprint density at radius 1 is 1.50 bits per heavy atom. The van der Waals surface area contributed by atoms with Gasteiger partial charge >= 0.3 is 0 Å². The van der Waals surface area contributed by atoms with Crippen LogP contribution in [0.2, 0.25) is 0 Å². The van der Waals surface area contributed by atoms with Gasteiger partial charge in [-0.2, -0.15) is 0 Å². The summed E-state index contributed by atoms with van der Waals surface area (Å²) >= 11 is 9.10. The molecule has 18 heavy (non-hydrogen) atoms. The zero-order chi connectivity index (χ0) is 13.1. The SMILES string of the molecule is CCCN1CCC(CNC)C1c1cc(Br)c(Br)s1. The van der Waals surface area contributed by atoms with E-state index in [2.05, 4.69) is 62.1 Å². The van der Waals surface area contributed by atoms with Crippen molar-refractivity contribution in [3.05, 3.63) is 19.2 Å². The largest absolute Gasteiger partial charge is 0.319 e. The predicted octanol–water partition coefficient (Wildman–Crippen LogP) is 4.27. The molecule has 1 saturated heterocycles. The fourth-order valence-corrected chi connectivity index (χ4v) is 5.18. The van der Waals surface area contributed by atoms with Gasteiger partial charge in [-0.1, -0.05) is 6.92 Å².